The van der Waals surface area contributed by atoms with E-state index in [0.29, 0.717) is 0 Å². The normalized spacial score (nSPS) is 9.55. The zero-order valence-corrected chi connectivity index (χ0v) is 7.35. The number of rotatable bonds is 8. The smallest absolute Gasteiger partial charge is 0.0873 e. The largest absolute Gasteiger partial charge is 0.502 e. The molecule has 0 N–H and O–H groups in total. The molecule has 0 aliphatic heterocycles. The lowest BCUT2D eigenvalue weighted by Gasteiger charge is -1.99. The van der Waals surface area contributed by atoms with Gasteiger partial charge >= 0.3 is 0 Å². The fourth-order valence-electron chi connectivity index (χ4n) is 0.976. The summed E-state index contributed by atoms with van der Waals surface area (Å²) in [5.74, 6) is 0. The number of ether oxygens (including phenoxy) is 1. The van der Waals surface area contributed by atoms with Gasteiger partial charge in [-0.3, -0.25) is 0 Å². The summed E-state index contributed by atoms with van der Waals surface area (Å²) in [6.45, 7) is 8.10. The van der Waals surface area contributed by atoms with E-state index in [1.165, 1.54) is 31.9 Å². The molecule has 11 heavy (non-hydrogen) atoms. The molecule has 0 fully saturated rings. The molecule has 0 unspecified atom stereocenters. The maximum atomic E-state index is 4.99. The van der Waals surface area contributed by atoms with Gasteiger partial charge < -0.3 is 4.74 Å². The van der Waals surface area contributed by atoms with E-state index < -0.39 is 0 Å². The van der Waals surface area contributed by atoms with E-state index >= 15 is 0 Å². The van der Waals surface area contributed by atoms with Gasteiger partial charge in [-0.25, -0.2) is 0 Å². The van der Waals surface area contributed by atoms with Gasteiger partial charge in [-0.2, -0.15) is 0 Å². The van der Waals surface area contributed by atoms with Gasteiger partial charge in [0.2, 0.25) is 0 Å². The molecule has 0 atom stereocenters. The molecular weight excluding hydrogens is 136 g/mol. The van der Waals surface area contributed by atoms with Crippen LogP contribution >= 0.6 is 0 Å². The zero-order chi connectivity index (χ0) is 8.36. The molecule has 0 aromatic rings. The zero-order valence-electron chi connectivity index (χ0n) is 7.35. The summed E-state index contributed by atoms with van der Waals surface area (Å²) in [5, 5.41) is 0. The Morgan fingerprint density at radius 2 is 1.64 bits per heavy atom. The number of hydrogen-bond acceptors (Lipinski definition) is 1. The van der Waals surface area contributed by atoms with Crippen LogP contribution in [-0.4, -0.2) is 6.61 Å². The molecule has 0 aromatic heterocycles. The SMILES string of the molecule is [CH2]CCCCCCCOC=C. The molecule has 0 aliphatic rings. The maximum absolute atomic E-state index is 4.99. The van der Waals surface area contributed by atoms with Gasteiger partial charge in [0.25, 0.3) is 0 Å². The van der Waals surface area contributed by atoms with Gasteiger partial charge in [0.05, 0.1) is 12.9 Å². The van der Waals surface area contributed by atoms with E-state index in [1.54, 1.807) is 0 Å². The second kappa shape index (κ2) is 9.54. The summed E-state index contributed by atoms with van der Waals surface area (Å²) in [7, 11) is 0. The molecule has 1 heteroatoms. The predicted molar refractivity (Wildman–Crippen MR) is 49.2 cm³/mol. The van der Waals surface area contributed by atoms with E-state index in [-0.39, 0.29) is 0 Å². The molecule has 0 bridgehead atoms. The Labute approximate surface area is 70.4 Å². The van der Waals surface area contributed by atoms with E-state index in [1.807, 2.05) is 0 Å². The lowest BCUT2D eigenvalue weighted by molar-refractivity contribution is 0.241. The monoisotopic (exact) mass is 155 g/mol. The van der Waals surface area contributed by atoms with Crippen molar-refractivity contribution in [3.8, 4) is 0 Å². The summed E-state index contributed by atoms with van der Waals surface area (Å²) in [6, 6.07) is 0. The van der Waals surface area contributed by atoms with Crippen molar-refractivity contribution in [1.29, 1.82) is 0 Å². The van der Waals surface area contributed by atoms with Crippen molar-refractivity contribution in [1.82, 2.24) is 0 Å². The highest BCUT2D eigenvalue weighted by atomic mass is 16.5. The van der Waals surface area contributed by atoms with Gasteiger partial charge in [-0.05, 0) is 6.42 Å². The van der Waals surface area contributed by atoms with Crippen molar-refractivity contribution >= 4 is 0 Å². The van der Waals surface area contributed by atoms with Crippen LogP contribution in [0.3, 0.4) is 0 Å². The first-order valence-electron chi connectivity index (χ1n) is 4.43. The molecule has 0 aliphatic carbocycles. The Morgan fingerprint density at radius 3 is 2.27 bits per heavy atom. The molecule has 1 nitrogen and oxygen atoms in total. The predicted octanol–water partition coefficient (Wildman–Crippen LogP) is 3.32. The third-order valence-corrected chi connectivity index (χ3v) is 1.63. The quantitative estimate of drug-likeness (QED) is 0.386. The fraction of sp³-hybridized carbons (Fsp3) is 0.700. The first-order valence-corrected chi connectivity index (χ1v) is 4.43. The molecule has 0 spiro atoms. The Bertz CT molecular complexity index is 78.9. The molecule has 0 saturated carbocycles. The Morgan fingerprint density at radius 1 is 1.00 bits per heavy atom. The third-order valence-electron chi connectivity index (χ3n) is 1.63. The van der Waals surface area contributed by atoms with Crippen LogP contribution in [0.15, 0.2) is 12.8 Å². The maximum Gasteiger partial charge on any atom is 0.0873 e. The van der Waals surface area contributed by atoms with Crippen molar-refractivity contribution in [2.24, 2.45) is 0 Å². The molecule has 0 rings (SSSR count). The van der Waals surface area contributed by atoms with Crippen molar-refractivity contribution in [2.45, 2.75) is 38.5 Å². The summed E-state index contributed by atoms with van der Waals surface area (Å²) in [5.41, 5.74) is 0. The first-order chi connectivity index (χ1) is 5.41. The highest BCUT2D eigenvalue weighted by molar-refractivity contribution is 4.50. The van der Waals surface area contributed by atoms with Crippen LogP contribution in [0.2, 0.25) is 0 Å². The minimum Gasteiger partial charge on any atom is -0.502 e. The summed E-state index contributed by atoms with van der Waals surface area (Å²) in [4.78, 5) is 0. The summed E-state index contributed by atoms with van der Waals surface area (Å²) < 4.78 is 4.99. The van der Waals surface area contributed by atoms with Crippen molar-refractivity contribution in [3.63, 3.8) is 0 Å². The molecule has 1 radical (unpaired) electrons. The van der Waals surface area contributed by atoms with Gasteiger partial charge in [0, 0.05) is 0 Å². The third kappa shape index (κ3) is 9.54. The standard InChI is InChI=1S/C10H19O/c1-3-5-6-7-8-9-10-11-4-2/h4H,1-3,5-10H2. The van der Waals surface area contributed by atoms with Crippen LogP contribution < -0.4 is 0 Å². The van der Waals surface area contributed by atoms with Crippen LogP contribution in [0.25, 0.3) is 0 Å². The second-order valence-electron chi connectivity index (χ2n) is 2.66. The lowest BCUT2D eigenvalue weighted by atomic mass is 10.1. The van der Waals surface area contributed by atoms with Gasteiger partial charge in [-0.1, -0.05) is 45.6 Å². The van der Waals surface area contributed by atoms with Gasteiger partial charge in [0.15, 0.2) is 0 Å². The van der Waals surface area contributed by atoms with E-state index in [9.17, 15) is 0 Å². The average Bonchev–Trinajstić information content (AvgIpc) is 2.03. The number of unbranched alkanes of at least 4 members (excludes halogenated alkanes) is 5. The minimum absolute atomic E-state index is 0.827. The van der Waals surface area contributed by atoms with Crippen LogP contribution in [0.4, 0.5) is 0 Å². The Hall–Kier alpha value is -0.460. The molecule has 0 aromatic carbocycles. The topological polar surface area (TPSA) is 9.23 Å². The van der Waals surface area contributed by atoms with Crippen molar-refractivity contribution in [3.05, 3.63) is 19.8 Å². The van der Waals surface area contributed by atoms with Crippen LogP contribution in [-0.2, 0) is 4.74 Å². The first kappa shape index (κ1) is 10.5. The van der Waals surface area contributed by atoms with Crippen LogP contribution in [0, 0.1) is 6.92 Å². The molecule has 0 saturated heterocycles. The second-order valence-corrected chi connectivity index (χ2v) is 2.66. The lowest BCUT2D eigenvalue weighted by Crippen LogP contribution is -1.87. The van der Waals surface area contributed by atoms with Gasteiger partial charge in [-0.15, -0.1) is 0 Å². The molecular formula is C10H19O. The Kier molecular flexibility index (Phi) is 9.14. The Balaban J connectivity index is 2.74. The summed E-state index contributed by atoms with van der Waals surface area (Å²) in [6.07, 6.45) is 8.91. The van der Waals surface area contributed by atoms with Crippen LogP contribution in [0.1, 0.15) is 38.5 Å². The molecule has 0 amide bonds. The van der Waals surface area contributed by atoms with E-state index in [4.69, 9.17) is 4.74 Å². The molecule has 0 heterocycles. The van der Waals surface area contributed by atoms with Crippen molar-refractivity contribution in [2.75, 3.05) is 6.61 Å². The summed E-state index contributed by atoms with van der Waals surface area (Å²) >= 11 is 0. The fourth-order valence-corrected chi connectivity index (χ4v) is 0.976. The van der Waals surface area contributed by atoms with E-state index in [0.717, 1.165) is 19.4 Å². The number of hydrogen-bond donors (Lipinski definition) is 0. The van der Waals surface area contributed by atoms with E-state index in [2.05, 4.69) is 13.5 Å². The molecule has 65 valence electrons. The average molecular weight is 155 g/mol. The van der Waals surface area contributed by atoms with Crippen molar-refractivity contribution < 1.29 is 4.74 Å². The highest BCUT2D eigenvalue weighted by Crippen LogP contribution is 2.04. The minimum atomic E-state index is 0.827. The van der Waals surface area contributed by atoms with Gasteiger partial charge in [0.1, 0.15) is 0 Å². The van der Waals surface area contributed by atoms with Crippen LogP contribution in [0.5, 0.6) is 0 Å². The highest BCUT2D eigenvalue weighted by Gasteiger charge is 1.88.